The number of nitriles is 1. The van der Waals surface area contributed by atoms with E-state index in [9.17, 15) is 5.26 Å². The van der Waals surface area contributed by atoms with Crippen molar-refractivity contribution in [3.63, 3.8) is 0 Å². The van der Waals surface area contributed by atoms with Crippen LogP contribution >= 0.6 is 0 Å². The van der Waals surface area contributed by atoms with Crippen molar-refractivity contribution in [1.82, 2.24) is 4.90 Å². The highest BCUT2D eigenvalue weighted by molar-refractivity contribution is 5.57. The van der Waals surface area contributed by atoms with Crippen molar-refractivity contribution in [2.45, 2.75) is 12.0 Å². The van der Waals surface area contributed by atoms with Gasteiger partial charge < -0.3 is 9.47 Å². The van der Waals surface area contributed by atoms with E-state index in [1.54, 1.807) is 14.2 Å². The predicted octanol–water partition coefficient (Wildman–Crippen LogP) is 2.96. The number of nitrogens with zero attached hydrogens (tertiary/aromatic N) is 2. The van der Waals surface area contributed by atoms with Gasteiger partial charge in [0.2, 0.25) is 0 Å². The first-order valence-corrected chi connectivity index (χ1v) is 7.60. The molecule has 0 fully saturated rings. The Morgan fingerprint density at radius 1 is 1.09 bits per heavy atom. The first kappa shape index (κ1) is 15.4. The van der Waals surface area contributed by atoms with E-state index in [2.05, 4.69) is 11.0 Å². The van der Waals surface area contributed by atoms with Crippen molar-refractivity contribution in [3.05, 3.63) is 59.2 Å². The second-order valence-corrected chi connectivity index (χ2v) is 5.72. The number of hydrogen-bond donors (Lipinski definition) is 0. The zero-order chi connectivity index (χ0) is 16.4. The predicted molar refractivity (Wildman–Crippen MR) is 88.7 cm³/mol. The average molecular weight is 308 g/mol. The third kappa shape index (κ3) is 2.25. The fourth-order valence-electron chi connectivity index (χ4n) is 3.39. The number of methoxy groups -OCH3 is 2. The zero-order valence-electron chi connectivity index (χ0n) is 13.7. The van der Waals surface area contributed by atoms with Crippen molar-refractivity contribution >= 4 is 0 Å². The lowest BCUT2D eigenvalue weighted by Crippen LogP contribution is -2.48. The number of hydrogen-bond acceptors (Lipinski definition) is 4. The molecule has 0 saturated heterocycles. The van der Waals surface area contributed by atoms with Crippen LogP contribution < -0.4 is 9.47 Å². The minimum absolute atomic E-state index is 0.650. The summed E-state index contributed by atoms with van der Waals surface area (Å²) in [4.78, 5) is 2.11. The van der Waals surface area contributed by atoms with Crippen LogP contribution in [0.25, 0.3) is 0 Å². The molecule has 1 unspecified atom stereocenters. The lowest BCUT2D eigenvalue weighted by atomic mass is 9.76. The molecule has 1 heterocycles. The second kappa shape index (κ2) is 5.94. The summed E-state index contributed by atoms with van der Waals surface area (Å²) in [6.07, 6.45) is 0.877. The number of rotatable bonds is 3. The van der Waals surface area contributed by atoms with Crippen molar-refractivity contribution in [1.29, 1.82) is 5.26 Å². The van der Waals surface area contributed by atoms with E-state index in [4.69, 9.17) is 9.47 Å². The summed E-state index contributed by atoms with van der Waals surface area (Å²) in [6.45, 7) is 0.810. The van der Waals surface area contributed by atoms with E-state index in [0.717, 1.165) is 29.7 Å². The summed E-state index contributed by atoms with van der Waals surface area (Å²) in [5.41, 5.74) is 2.26. The summed E-state index contributed by atoms with van der Waals surface area (Å²) in [5, 5.41) is 10.1. The summed E-state index contributed by atoms with van der Waals surface area (Å²) in [7, 11) is 5.25. The van der Waals surface area contributed by atoms with Crippen LogP contribution in [-0.2, 0) is 12.0 Å². The highest BCUT2D eigenvalue weighted by atomic mass is 16.5. The Labute approximate surface area is 136 Å². The van der Waals surface area contributed by atoms with E-state index in [1.165, 1.54) is 0 Å². The van der Waals surface area contributed by atoms with Gasteiger partial charge in [-0.25, -0.2) is 0 Å². The molecular formula is C19H20N2O2. The fraction of sp³-hybridized carbons (Fsp3) is 0.316. The zero-order valence-corrected chi connectivity index (χ0v) is 13.7. The van der Waals surface area contributed by atoms with Crippen LogP contribution in [0.1, 0.15) is 16.7 Å². The van der Waals surface area contributed by atoms with Gasteiger partial charge in [0.25, 0.3) is 0 Å². The highest BCUT2D eigenvalue weighted by Gasteiger charge is 2.43. The minimum Gasteiger partial charge on any atom is -0.493 e. The minimum atomic E-state index is -0.811. The number of benzene rings is 2. The van der Waals surface area contributed by atoms with Crippen LogP contribution in [0.5, 0.6) is 11.5 Å². The van der Waals surface area contributed by atoms with E-state index in [0.29, 0.717) is 11.5 Å². The lowest BCUT2D eigenvalue weighted by molar-refractivity contribution is 0.199. The molecule has 4 nitrogen and oxygen atoms in total. The Morgan fingerprint density at radius 2 is 1.74 bits per heavy atom. The first-order chi connectivity index (χ1) is 11.2. The monoisotopic (exact) mass is 308 g/mol. The Bertz CT molecular complexity index is 752. The van der Waals surface area contributed by atoms with Crippen LogP contribution in [-0.4, -0.2) is 32.7 Å². The maximum absolute atomic E-state index is 10.1. The topological polar surface area (TPSA) is 45.5 Å². The molecule has 118 valence electrons. The molecule has 3 rings (SSSR count). The van der Waals surface area contributed by atoms with E-state index >= 15 is 0 Å². The van der Waals surface area contributed by atoms with Crippen molar-refractivity contribution < 1.29 is 9.47 Å². The normalized spacial score (nSPS) is 20.4. The molecule has 0 amide bonds. The molecule has 0 radical (unpaired) electrons. The highest BCUT2D eigenvalue weighted by Crippen LogP contribution is 2.44. The molecule has 23 heavy (non-hydrogen) atoms. The molecule has 0 aromatic heterocycles. The molecule has 0 aliphatic carbocycles. The summed E-state index contributed by atoms with van der Waals surface area (Å²) in [5.74, 6) is 1.35. The molecule has 0 bridgehead atoms. The Morgan fingerprint density at radius 3 is 2.35 bits per heavy atom. The average Bonchev–Trinajstić information content (AvgIpc) is 2.61. The fourth-order valence-corrected chi connectivity index (χ4v) is 3.39. The van der Waals surface area contributed by atoms with Crippen LogP contribution in [0.15, 0.2) is 42.5 Å². The molecule has 2 aromatic carbocycles. The van der Waals surface area contributed by atoms with Gasteiger partial charge in [-0.15, -0.1) is 0 Å². The van der Waals surface area contributed by atoms with Gasteiger partial charge in [-0.2, -0.15) is 5.26 Å². The maximum Gasteiger partial charge on any atom is 0.161 e. The van der Waals surface area contributed by atoms with E-state index in [1.807, 2.05) is 49.5 Å². The number of fused-ring (bicyclic) bond motifs is 1. The van der Waals surface area contributed by atoms with Gasteiger partial charge in [-0.1, -0.05) is 30.3 Å². The van der Waals surface area contributed by atoms with Crippen molar-refractivity contribution in [2.24, 2.45) is 0 Å². The molecule has 4 heteroatoms. The van der Waals surface area contributed by atoms with Gasteiger partial charge in [0, 0.05) is 6.54 Å². The summed E-state index contributed by atoms with van der Waals surface area (Å²) in [6, 6.07) is 16.4. The quantitative estimate of drug-likeness (QED) is 0.874. The van der Waals surface area contributed by atoms with Crippen LogP contribution in [0.2, 0.25) is 0 Å². The largest absolute Gasteiger partial charge is 0.493 e. The van der Waals surface area contributed by atoms with Gasteiger partial charge in [0.1, 0.15) is 0 Å². The Hall–Kier alpha value is -2.51. The molecule has 1 aliphatic heterocycles. The van der Waals surface area contributed by atoms with Gasteiger partial charge >= 0.3 is 0 Å². The first-order valence-electron chi connectivity index (χ1n) is 7.60. The molecule has 0 saturated carbocycles. The standard InChI is InChI=1S/C19H20N2O2/c1-21-10-9-14-11-17(22-2)18(23-3)12-16(14)19(21,13-20)15-7-5-4-6-8-15/h4-8,11-12H,9-10H2,1-3H3. The molecule has 1 atom stereocenters. The summed E-state index contributed by atoms with van der Waals surface area (Å²) >= 11 is 0. The van der Waals surface area contributed by atoms with Crippen LogP contribution in [0.4, 0.5) is 0 Å². The van der Waals surface area contributed by atoms with Gasteiger partial charge in [0.05, 0.1) is 20.3 Å². The van der Waals surface area contributed by atoms with Gasteiger partial charge in [-0.05, 0) is 42.3 Å². The number of likely N-dealkylation sites (N-methyl/N-ethyl adjacent to an activating group) is 1. The Balaban J connectivity index is 2.29. The second-order valence-electron chi connectivity index (χ2n) is 5.72. The Kier molecular flexibility index (Phi) is 3.97. The molecular weight excluding hydrogens is 288 g/mol. The molecule has 0 spiro atoms. The van der Waals surface area contributed by atoms with Crippen LogP contribution in [0.3, 0.4) is 0 Å². The molecule has 2 aromatic rings. The maximum atomic E-state index is 10.1. The van der Waals surface area contributed by atoms with Gasteiger partial charge in [0.15, 0.2) is 17.0 Å². The number of ether oxygens (including phenoxy) is 2. The molecule has 0 N–H and O–H groups in total. The van der Waals surface area contributed by atoms with Crippen molar-refractivity contribution in [2.75, 3.05) is 27.8 Å². The summed E-state index contributed by atoms with van der Waals surface area (Å²) < 4.78 is 10.9. The van der Waals surface area contributed by atoms with Crippen molar-refractivity contribution in [3.8, 4) is 17.6 Å². The third-order valence-electron chi connectivity index (χ3n) is 4.64. The smallest absolute Gasteiger partial charge is 0.161 e. The lowest BCUT2D eigenvalue weighted by Gasteiger charge is -2.42. The van der Waals surface area contributed by atoms with Gasteiger partial charge in [-0.3, -0.25) is 4.90 Å². The van der Waals surface area contributed by atoms with E-state index < -0.39 is 5.54 Å². The van der Waals surface area contributed by atoms with Crippen LogP contribution in [0, 0.1) is 11.3 Å². The third-order valence-corrected chi connectivity index (χ3v) is 4.64. The molecule has 1 aliphatic rings. The van der Waals surface area contributed by atoms with E-state index in [-0.39, 0.29) is 0 Å². The SMILES string of the molecule is COc1cc2c(cc1OC)C(C#N)(c1ccccc1)N(C)CC2.